The average molecular weight is 367 g/mol. The van der Waals surface area contributed by atoms with E-state index in [-0.39, 0.29) is 11.6 Å². The molecular weight excluding hydrogens is 340 g/mol. The second kappa shape index (κ2) is 6.63. The monoisotopic (exact) mass is 366 g/mol. The van der Waals surface area contributed by atoms with Gasteiger partial charge in [0.2, 0.25) is 0 Å². The van der Waals surface area contributed by atoms with Gasteiger partial charge in [-0.3, -0.25) is 0 Å². The summed E-state index contributed by atoms with van der Waals surface area (Å²) in [7, 11) is -3.37. The fourth-order valence-corrected chi connectivity index (χ4v) is 6.11. The summed E-state index contributed by atoms with van der Waals surface area (Å²) in [6, 6.07) is 0.121. The van der Waals surface area contributed by atoms with Crippen LogP contribution in [0.2, 0.25) is 0 Å². The Morgan fingerprint density at radius 3 is 2.40 bits per heavy atom. The van der Waals surface area contributed by atoms with Gasteiger partial charge in [-0.1, -0.05) is 29.3 Å². The van der Waals surface area contributed by atoms with Gasteiger partial charge in [-0.2, -0.15) is 17.4 Å². The van der Waals surface area contributed by atoms with E-state index in [1.165, 1.54) is 0 Å². The fourth-order valence-electron chi connectivity index (χ4n) is 3.34. The van der Waals surface area contributed by atoms with Crippen LogP contribution in [0, 0.1) is 5.92 Å². The van der Waals surface area contributed by atoms with Crippen LogP contribution in [-0.2, 0) is 10.2 Å². The molecule has 0 bridgehead atoms. The van der Waals surface area contributed by atoms with Crippen molar-refractivity contribution >= 4 is 26.1 Å². The van der Waals surface area contributed by atoms with Crippen molar-refractivity contribution in [2.24, 2.45) is 5.92 Å². The molecule has 2 rings (SSSR count). The summed E-state index contributed by atoms with van der Waals surface area (Å²) in [5, 5.41) is 0.703. The Labute approximate surface area is 132 Å². The van der Waals surface area contributed by atoms with Crippen molar-refractivity contribution in [3.05, 3.63) is 0 Å². The van der Waals surface area contributed by atoms with Gasteiger partial charge in [0.15, 0.2) is 0 Å². The molecule has 2 fully saturated rings. The van der Waals surface area contributed by atoms with Crippen LogP contribution in [0.1, 0.15) is 58.8 Å². The summed E-state index contributed by atoms with van der Waals surface area (Å²) < 4.78 is 30.1. The number of hydrogen-bond donors (Lipinski definition) is 1. The number of halogens is 1. The summed E-state index contributed by atoms with van der Waals surface area (Å²) in [6.07, 6.45) is 7.15. The van der Waals surface area contributed by atoms with Crippen molar-refractivity contribution in [1.29, 1.82) is 0 Å². The minimum absolute atomic E-state index is 0.121. The molecule has 20 heavy (non-hydrogen) atoms. The molecule has 1 saturated heterocycles. The standard InChI is InChI=1S/C14H27BrN2O2S/c1-12-6-8-14(11-15,9-7-12)16-20(18,19)17-10-4-3-5-13(17)2/h12-13,16H,3-11H2,1-2H3. The first-order chi connectivity index (χ1) is 9.38. The van der Waals surface area contributed by atoms with Gasteiger partial charge in [-0.15, -0.1) is 0 Å². The van der Waals surface area contributed by atoms with Crippen molar-refractivity contribution < 1.29 is 8.42 Å². The van der Waals surface area contributed by atoms with Gasteiger partial charge in [-0.05, 0) is 51.4 Å². The third kappa shape index (κ3) is 3.76. The van der Waals surface area contributed by atoms with Crippen molar-refractivity contribution in [3.8, 4) is 0 Å². The first kappa shape index (κ1) is 16.7. The van der Waals surface area contributed by atoms with Gasteiger partial charge < -0.3 is 0 Å². The molecule has 6 heteroatoms. The highest BCUT2D eigenvalue weighted by Crippen LogP contribution is 2.34. The Hall–Kier alpha value is 0.350. The van der Waals surface area contributed by atoms with E-state index in [0.717, 1.165) is 44.9 Å². The van der Waals surface area contributed by atoms with Crippen LogP contribution in [0.5, 0.6) is 0 Å². The van der Waals surface area contributed by atoms with E-state index in [4.69, 9.17) is 0 Å². The maximum absolute atomic E-state index is 12.7. The largest absolute Gasteiger partial charge is 0.280 e. The van der Waals surface area contributed by atoms with E-state index in [0.29, 0.717) is 17.8 Å². The van der Waals surface area contributed by atoms with Gasteiger partial charge in [0.1, 0.15) is 0 Å². The average Bonchev–Trinajstić information content (AvgIpc) is 2.42. The summed E-state index contributed by atoms with van der Waals surface area (Å²) in [5.74, 6) is 0.709. The van der Waals surface area contributed by atoms with Gasteiger partial charge in [0.05, 0.1) is 0 Å². The molecule has 1 saturated carbocycles. The highest BCUT2D eigenvalue weighted by Gasteiger charge is 2.40. The van der Waals surface area contributed by atoms with Gasteiger partial charge in [0.25, 0.3) is 10.2 Å². The Morgan fingerprint density at radius 1 is 1.20 bits per heavy atom. The smallest absolute Gasteiger partial charge is 0.195 e. The third-order valence-electron chi connectivity index (χ3n) is 4.88. The molecule has 0 amide bonds. The molecule has 1 N–H and O–H groups in total. The summed E-state index contributed by atoms with van der Waals surface area (Å²) in [5.41, 5.74) is -0.289. The maximum atomic E-state index is 12.7. The molecule has 0 aromatic heterocycles. The Balaban J connectivity index is 2.09. The summed E-state index contributed by atoms with van der Waals surface area (Å²) in [6.45, 7) is 4.92. The maximum Gasteiger partial charge on any atom is 0.280 e. The van der Waals surface area contributed by atoms with E-state index in [9.17, 15) is 8.42 Å². The second-order valence-corrected chi connectivity index (χ2v) is 8.84. The van der Waals surface area contributed by atoms with Crippen LogP contribution in [0.4, 0.5) is 0 Å². The molecule has 118 valence electrons. The number of piperidine rings is 1. The lowest BCUT2D eigenvalue weighted by Gasteiger charge is -2.41. The predicted octanol–water partition coefficient (Wildman–Crippen LogP) is 3.04. The van der Waals surface area contributed by atoms with Crippen LogP contribution in [0.3, 0.4) is 0 Å². The number of alkyl halides is 1. The molecule has 4 nitrogen and oxygen atoms in total. The molecule has 1 atom stereocenters. The quantitative estimate of drug-likeness (QED) is 0.777. The summed E-state index contributed by atoms with van der Waals surface area (Å²) in [4.78, 5) is 0. The molecule has 1 aliphatic carbocycles. The molecule has 0 aromatic carbocycles. The molecule has 0 aromatic rings. The molecule has 0 radical (unpaired) electrons. The number of nitrogens with zero attached hydrogens (tertiary/aromatic N) is 1. The van der Waals surface area contributed by atoms with Crippen LogP contribution in [0.15, 0.2) is 0 Å². The second-order valence-electron chi connectivity index (χ2n) is 6.66. The topological polar surface area (TPSA) is 49.4 Å². The Bertz CT molecular complexity index is 419. The SMILES string of the molecule is CC1CCC(CBr)(NS(=O)(=O)N2CCCCC2C)CC1. The molecule has 1 heterocycles. The third-order valence-corrected chi connectivity index (χ3v) is 7.81. The van der Waals surface area contributed by atoms with Crippen molar-refractivity contribution in [3.63, 3.8) is 0 Å². The highest BCUT2D eigenvalue weighted by molar-refractivity contribution is 9.09. The predicted molar refractivity (Wildman–Crippen MR) is 86.2 cm³/mol. The van der Waals surface area contributed by atoms with E-state index in [1.54, 1.807) is 4.31 Å². The lowest BCUT2D eigenvalue weighted by Crippen LogP contribution is -2.58. The normalized spacial score (nSPS) is 37.0. The van der Waals surface area contributed by atoms with Crippen molar-refractivity contribution in [1.82, 2.24) is 9.03 Å². The van der Waals surface area contributed by atoms with Crippen LogP contribution in [0.25, 0.3) is 0 Å². The first-order valence-electron chi connectivity index (χ1n) is 7.75. The van der Waals surface area contributed by atoms with Crippen molar-refractivity contribution in [2.75, 3.05) is 11.9 Å². The summed E-state index contributed by atoms with van der Waals surface area (Å²) >= 11 is 3.53. The number of nitrogens with one attached hydrogen (secondary N) is 1. The highest BCUT2D eigenvalue weighted by atomic mass is 79.9. The molecule has 1 aliphatic heterocycles. The zero-order chi connectivity index (χ0) is 14.8. The fraction of sp³-hybridized carbons (Fsp3) is 1.00. The molecular formula is C14H27BrN2O2S. The molecule has 2 aliphatic rings. The minimum atomic E-state index is -3.37. The van der Waals surface area contributed by atoms with Crippen LogP contribution in [-0.4, -0.2) is 36.2 Å². The number of hydrogen-bond acceptors (Lipinski definition) is 2. The van der Waals surface area contributed by atoms with Gasteiger partial charge >= 0.3 is 0 Å². The number of rotatable bonds is 4. The minimum Gasteiger partial charge on any atom is -0.195 e. The lowest BCUT2D eigenvalue weighted by molar-refractivity contribution is 0.228. The zero-order valence-corrected chi connectivity index (χ0v) is 15.0. The zero-order valence-electron chi connectivity index (χ0n) is 12.6. The van der Waals surface area contributed by atoms with Gasteiger partial charge in [0, 0.05) is 23.5 Å². The molecule has 1 unspecified atom stereocenters. The van der Waals surface area contributed by atoms with E-state index in [1.807, 2.05) is 6.92 Å². The molecule has 0 spiro atoms. The van der Waals surface area contributed by atoms with Crippen LogP contribution >= 0.6 is 15.9 Å². The van der Waals surface area contributed by atoms with E-state index < -0.39 is 10.2 Å². The van der Waals surface area contributed by atoms with Crippen molar-refractivity contribution in [2.45, 2.75) is 70.4 Å². The van der Waals surface area contributed by atoms with Crippen LogP contribution < -0.4 is 4.72 Å². The van der Waals surface area contributed by atoms with E-state index >= 15 is 0 Å². The van der Waals surface area contributed by atoms with E-state index in [2.05, 4.69) is 27.6 Å². The Morgan fingerprint density at radius 2 is 1.85 bits per heavy atom. The Kier molecular flexibility index (Phi) is 5.54. The first-order valence-corrected chi connectivity index (χ1v) is 10.3. The lowest BCUT2D eigenvalue weighted by atomic mass is 9.79. The van der Waals surface area contributed by atoms with Gasteiger partial charge in [-0.25, -0.2) is 0 Å².